The van der Waals surface area contributed by atoms with Crippen LogP contribution >= 0.6 is 0 Å². The minimum atomic E-state index is -3.25. The van der Waals surface area contributed by atoms with Gasteiger partial charge in [-0.25, -0.2) is 28.1 Å². The molecule has 0 saturated heterocycles. The first-order valence-corrected chi connectivity index (χ1v) is 12.7. The van der Waals surface area contributed by atoms with E-state index in [2.05, 4.69) is 15.3 Å². The number of fused-ring (bicyclic) bond motifs is 1. The van der Waals surface area contributed by atoms with Crippen molar-refractivity contribution in [1.82, 2.24) is 24.4 Å². The summed E-state index contributed by atoms with van der Waals surface area (Å²) in [5.74, 6) is 0.110. The first-order valence-electron chi connectivity index (χ1n) is 11.0. The summed E-state index contributed by atoms with van der Waals surface area (Å²) in [6.45, 7) is 4.47. The van der Waals surface area contributed by atoms with Crippen LogP contribution in [0.5, 0.6) is 0 Å². The maximum Gasteiger partial charge on any atom is 0.339 e. The van der Waals surface area contributed by atoms with Crippen molar-refractivity contribution in [3.8, 4) is 0 Å². The van der Waals surface area contributed by atoms with Crippen LogP contribution in [0.4, 0.5) is 4.79 Å². The second-order valence-corrected chi connectivity index (χ2v) is 10.1. The molecule has 1 aromatic carbocycles. The van der Waals surface area contributed by atoms with Crippen molar-refractivity contribution in [3.05, 3.63) is 51.6 Å². The lowest BCUT2D eigenvalue weighted by molar-refractivity contribution is 0.244. The minimum absolute atomic E-state index is 0.105. The lowest BCUT2D eigenvalue weighted by Crippen LogP contribution is -2.35. The number of aryl methyl sites for hydroxylation is 2. The maximum atomic E-state index is 13.4. The third kappa shape index (κ3) is 5.14. The van der Waals surface area contributed by atoms with E-state index in [1.807, 2.05) is 38.1 Å². The summed E-state index contributed by atoms with van der Waals surface area (Å²) in [7, 11) is -1.81. The predicted molar refractivity (Wildman–Crippen MR) is 128 cm³/mol. The zero-order chi connectivity index (χ0) is 24.2. The van der Waals surface area contributed by atoms with Crippen molar-refractivity contribution in [3.63, 3.8) is 0 Å². The average Bonchev–Trinajstić information content (AvgIpc) is 3.06. The summed E-state index contributed by atoms with van der Waals surface area (Å²) in [6, 6.07) is 7.08. The molecule has 0 radical (unpaired) electrons. The highest BCUT2D eigenvalue weighted by Gasteiger charge is 2.26. The van der Waals surface area contributed by atoms with E-state index in [9.17, 15) is 13.8 Å². The van der Waals surface area contributed by atoms with Crippen LogP contribution in [0, 0.1) is 11.7 Å². The monoisotopic (exact) mass is 473 g/mol. The smallest absolute Gasteiger partial charge is 0.339 e. The molecule has 3 aromatic rings. The van der Waals surface area contributed by atoms with Crippen LogP contribution < -0.4 is 16.7 Å². The van der Waals surface area contributed by atoms with E-state index in [0.717, 1.165) is 22.1 Å². The van der Waals surface area contributed by atoms with Gasteiger partial charge < -0.3 is 11.1 Å². The Hall–Kier alpha value is -3.05. The first kappa shape index (κ1) is 24.6. The molecule has 11 heteroatoms. The molecule has 0 bridgehead atoms. The summed E-state index contributed by atoms with van der Waals surface area (Å²) in [5, 5.41) is 2.39. The van der Waals surface area contributed by atoms with E-state index in [1.54, 1.807) is 0 Å². The Morgan fingerprint density at radius 3 is 2.52 bits per heavy atom. The Morgan fingerprint density at radius 2 is 1.91 bits per heavy atom. The highest BCUT2D eigenvalue weighted by Crippen LogP contribution is 2.21. The van der Waals surface area contributed by atoms with E-state index in [1.165, 1.54) is 11.6 Å². The Bertz CT molecular complexity index is 1310. The Labute approximate surface area is 193 Å². The molecule has 2 aromatic heterocycles. The van der Waals surface area contributed by atoms with E-state index in [0.29, 0.717) is 31.5 Å². The molecule has 3 rings (SSSR count). The predicted octanol–water partition coefficient (Wildman–Crippen LogP) is 2.23. The lowest BCUT2D eigenvalue weighted by Gasteiger charge is -2.10. The molecular weight excluding hydrogens is 442 g/mol. The molecule has 0 aliphatic heterocycles. The fourth-order valence-corrected chi connectivity index (χ4v) is 4.90. The van der Waals surface area contributed by atoms with Crippen molar-refractivity contribution < 1.29 is 9.00 Å². The number of imidazole rings is 1. The number of nitrogens with one attached hydrogen (secondary N) is 2. The third-order valence-electron chi connectivity index (χ3n) is 5.35. The number of unbranched alkanes of at least 4 members (excludes halogenated alkanes) is 1. The topological polar surface area (TPSA) is 149 Å². The summed E-state index contributed by atoms with van der Waals surface area (Å²) >= 11 is 0. The van der Waals surface area contributed by atoms with Crippen LogP contribution in [0.15, 0.2) is 34.2 Å². The largest absolute Gasteiger partial charge is 0.340 e. The minimum Gasteiger partial charge on any atom is -0.340 e. The number of carbonyl (C=O) groups excluding carboxylic acids is 1. The molecule has 0 aliphatic rings. The highest BCUT2D eigenvalue weighted by molar-refractivity contribution is 7.92. The summed E-state index contributed by atoms with van der Waals surface area (Å²) in [4.78, 5) is 35.0. The quantitative estimate of drug-likeness (QED) is 0.320. The molecule has 0 spiro atoms. The maximum absolute atomic E-state index is 13.4. The van der Waals surface area contributed by atoms with Gasteiger partial charge in [-0.05, 0) is 44.7 Å². The molecule has 1 amide bonds. The Balaban J connectivity index is 2.33. The van der Waals surface area contributed by atoms with Crippen molar-refractivity contribution in [2.75, 3.05) is 19.3 Å². The molecule has 1 unspecified atom stereocenters. The van der Waals surface area contributed by atoms with Gasteiger partial charge in [0.05, 0.1) is 12.2 Å². The van der Waals surface area contributed by atoms with Crippen LogP contribution in [-0.4, -0.2) is 48.7 Å². The van der Waals surface area contributed by atoms with Crippen molar-refractivity contribution >= 4 is 26.9 Å². The molecule has 2 heterocycles. The number of carbonyl (C=O) groups is 1. The SMILES string of the molecule is CCCS(=N)(=O)c1nc(CCCCN)c2c(n1)n(Cc1ccc(C)cc1)c(=O)n2C(=O)NC. The standard InChI is InChI=1S/C22H31N7O3S/c1-4-13-33(24,32)20-26-17(7-5-6-12-23)18-19(27-20)28(22(31)29(18)21(30)25-3)14-16-10-8-15(2)9-11-16/h8-11,24H,4-7,12-14,23H2,1-3H3,(H,25,30). The summed E-state index contributed by atoms with van der Waals surface area (Å²) in [5.41, 5.74) is 7.90. The number of rotatable bonds is 9. The van der Waals surface area contributed by atoms with Crippen LogP contribution in [0.25, 0.3) is 11.2 Å². The van der Waals surface area contributed by atoms with Gasteiger partial charge in [-0.1, -0.05) is 36.8 Å². The second kappa shape index (κ2) is 10.3. The normalized spacial score (nSPS) is 13.2. The van der Waals surface area contributed by atoms with Gasteiger partial charge >= 0.3 is 11.7 Å². The number of aromatic nitrogens is 4. The summed E-state index contributed by atoms with van der Waals surface area (Å²) in [6.07, 6.45) is 2.33. The van der Waals surface area contributed by atoms with E-state index in [-0.39, 0.29) is 28.6 Å². The second-order valence-electron chi connectivity index (χ2n) is 8.00. The Kier molecular flexibility index (Phi) is 7.65. The van der Waals surface area contributed by atoms with Gasteiger partial charge in [-0.3, -0.25) is 4.57 Å². The van der Waals surface area contributed by atoms with Gasteiger partial charge in [-0.15, -0.1) is 0 Å². The number of benzene rings is 1. The zero-order valence-corrected chi connectivity index (χ0v) is 20.1. The van der Waals surface area contributed by atoms with E-state index in [4.69, 9.17) is 10.5 Å². The number of hydrogen-bond acceptors (Lipinski definition) is 7. The molecule has 1 atom stereocenters. The molecule has 4 N–H and O–H groups in total. The van der Waals surface area contributed by atoms with Crippen LogP contribution in [0.3, 0.4) is 0 Å². The van der Waals surface area contributed by atoms with Crippen molar-refractivity contribution in [1.29, 1.82) is 4.78 Å². The molecule has 10 nitrogen and oxygen atoms in total. The van der Waals surface area contributed by atoms with E-state index < -0.39 is 21.4 Å². The van der Waals surface area contributed by atoms with Gasteiger partial charge in [-0.2, -0.15) is 4.98 Å². The Morgan fingerprint density at radius 1 is 1.21 bits per heavy atom. The molecule has 178 valence electrons. The number of hydrogen-bond donors (Lipinski definition) is 3. The average molecular weight is 474 g/mol. The highest BCUT2D eigenvalue weighted by atomic mass is 32.2. The number of nitrogens with zero attached hydrogens (tertiary/aromatic N) is 4. The molecule has 0 saturated carbocycles. The fourth-order valence-electron chi connectivity index (χ4n) is 3.65. The van der Waals surface area contributed by atoms with Crippen LogP contribution in [-0.2, 0) is 22.7 Å². The van der Waals surface area contributed by atoms with E-state index >= 15 is 0 Å². The third-order valence-corrected chi connectivity index (χ3v) is 7.11. The van der Waals surface area contributed by atoms with Gasteiger partial charge in [0.1, 0.15) is 15.2 Å². The first-order chi connectivity index (χ1) is 15.7. The van der Waals surface area contributed by atoms with Gasteiger partial charge in [0.2, 0.25) is 5.16 Å². The molecule has 0 aliphatic carbocycles. The number of nitrogens with two attached hydrogens (primary N) is 1. The van der Waals surface area contributed by atoms with Crippen LogP contribution in [0.1, 0.15) is 43.0 Å². The lowest BCUT2D eigenvalue weighted by atomic mass is 10.1. The molecule has 33 heavy (non-hydrogen) atoms. The molecular formula is C22H31N7O3S. The fraction of sp³-hybridized carbons (Fsp3) is 0.455. The summed E-state index contributed by atoms with van der Waals surface area (Å²) < 4.78 is 23.8. The van der Waals surface area contributed by atoms with Gasteiger partial charge in [0.25, 0.3) is 0 Å². The molecule has 0 fully saturated rings. The van der Waals surface area contributed by atoms with Crippen LogP contribution in [0.2, 0.25) is 0 Å². The van der Waals surface area contributed by atoms with Gasteiger partial charge in [0.15, 0.2) is 5.65 Å². The number of amides is 1. The van der Waals surface area contributed by atoms with Crippen molar-refractivity contribution in [2.45, 2.75) is 51.2 Å². The van der Waals surface area contributed by atoms with Gasteiger partial charge in [0, 0.05) is 12.8 Å². The zero-order valence-electron chi connectivity index (χ0n) is 19.3. The van der Waals surface area contributed by atoms with Crippen molar-refractivity contribution in [2.24, 2.45) is 5.73 Å².